The minimum atomic E-state index is -4.06. The molecule has 3 aromatic rings. The maximum atomic E-state index is 13.2. The standard InChI is InChI=1S/C21H22N2O6S/c1-12-10-16-19(15-11-13(26-2)8-9-14(12)15)29-22-21(16)23-30(24,25)20-17(27-3)6-5-7-18(20)28-4/h5-9,11-12H,10H2,1-4H3,(H,22,23)/t12-/m1/s1. The van der Waals surface area contributed by atoms with Crippen molar-refractivity contribution in [3.63, 3.8) is 0 Å². The van der Waals surface area contributed by atoms with Crippen molar-refractivity contribution in [3.8, 4) is 28.6 Å². The summed E-state index contributed by atoms with van der Waals surface area (Å²) < 4.78 is 50.3. The van der Waals surface area contributed by atoms with Crippen LogP contribution in [0.1, 0.15) is 24.0 Å². The average Bonchev–Trinajstić information content (AvgIpc) is 3.14. The SMILES string of the molecule is COc1ccc2c(c1)-c1onc(NS(=O)(=O)c3c(OC)cccc3OC)c1C[C@H]2C. The number of hydrogen-bond donors (Lipinski definition) is 1. The fourth-order valence-electron chi connectivity index (χ4n) is 3.76. The lowest BCUT2D eigenvalue weighted by Crippen LogP contribution is -2.17. The zero-order chi connectivity index (χ0) is 21.5. The first kappa shape index (κ1) is 20.1. The molecule has 0 spiro atoms. The van der Waals surface area contributed by atoms with Crippen LogP contribution in [0.4, 0.5) is 5.82 Å². The summed E-state index contributed by atoms with van der Waals surface area (Å²) in [4.78, 5) is -0.0994. The molecular weight excluding hydrogens is 408 g/mol. The Morgan fingerprint density at radius 2 is 1.77 bits per heavy atom. The van der Waals surface area contributed by atoms with Crippen molar-refractivity contribution in [3.05, 3.63) is 47.5 Å². The van der Waals surface area contributed by atoms with E-state index in [-0.39, 0.29) is 28.1 Å². The van der Waals surface area contributed by atoms with E-state index in [1.54, 1.807) is 25.3 Å². The Morgan fingerprint density at radius 1 is 1.07 bits per heavy atom. The highest BCUT2D eigenvalue weighted by molar-refractivity contribution is 7.93. The van der Waals surface area contributed by atoms with Crippen molar-refractivity contribution in [1.82, 2.24) is 5.16 Å². The molecule has 1 heterocycles. The van der Waals surface area contributed by atoms with E-state index < -0.39 is 10.0 Å². The van der Waals surface area contributed by atoms with Crippen LogP contribution >= 0.6 is 0 Å². The van der Waals surface area contributed by atoms with E-state index in [1.165, 1.54) is 14.2 Å². The molecule has 1 aliphatic rings. The quantitative estimate of drug-likeness (QED) is 0.634. The molecule has 1 aromatic heterocycles. The molecule has 0 fully saturated rings. The molecule has 0 amide bonds. The summed E-state index contributed by atoms with van der Waals surface area (Å²) in [6.45, 7) is 2.07. The van der Waals surface area contributed by atoms with Crippen LogP contribution in [0, 0.1) is 0 Å². The molecule has 1 N–H and O–H groups in total. The monoisotopic (exact) mass is 430 g/mol. The molecular formula is C21H22N2O6S. The van der Waals surface area contributed by atoms with Crippen LogP contribution in [0.3, 0.4) is 0 Å². The zero-order valence-electron chi connectivity index (χ0n) is 17.1. The Bertz CT molecular complexity index is 1180. The lowest BCUT2D eigenvalue weighted by molar-refractivity contribution is 0.373. The summed E-state index contributed by atoms with van der Waals surface area (Å²) in [5.74, 6) is 1.86. The van der Waals surface area contributed by atoms with Gasteiger partial charge in [0, 0.05) is 11.1 Å². The molecule has 1 atom stereocenters. The van der Waals surface area contributed by atoms with Crippen LogP contribution in [-0.2, 0) is 16.4 Å². The van der Waals surface area contributed by atoms with E-state index >= 15 is 0 Å². The lowest BCUT2D eigenvalue weighted by Gasteiger charge is -2.22. The van der Waals surface area contributed by atoms with E-state index in [0.29, 0.717) is 23.5 Å². The molecule has 0 saturated carbocycles. The van der Waals surface area contributed by atoms with Gasteiger partial charge in [0.25, 0.3) is 10.0 Å². The van der Waals surface area contributed by atoms with Crippen molar-refractivity contribution in [2.24, 2.45) is 0 Å². The van der Waals surface area contributed by atoms with Gasteiger partial charge in [-0.2, -0.15) is 0 Å². The van der Waals surface area contributed by atoms with Crippen molar-refractivity contribution in [2.75, 3.05) is 26.1 Å². The molecule has 1 aliphatic carbocycles. The van der Waals surface area contributed by atoms with Gasteiger partial charge in [0.2, 0.25) is 0 Å². The third-order valence-corrected chi connectivity index (χ3v) is 6.62. The van der Waals surface area contributed by atoms with Crippen LogP contribution in [0.2, 0.25) is 0 Å². The Labute approximate surface area is 174 Å². The third kappa shape index (κ3) is 3.24. The van der Waals surface area contributed by atoms with E-state index in [0.717, 1.165) is 11.1 Å². The highest BCUT2D eigenvalue weighted by Gasteiger charge is 2.32. The molecule has 0 aliphatic heterocycles. The van der Waals surface area contributed by atoms with Crippen molar-refractivity contribution >= 4 is 15.8 Å². The number of aromatic nitrogens is 1. The molecule has 9 heteroatoms. The van der Waals surface area contributed by atoms with Crippen molar-refractivity contribution in [2.45, 2.75) is 24.2 Å². The minimum Gasteiger partial charge on any atom is -0.497 e. The smallest absolute Gasteiger partial charge is 0.270 e. The number of hydrogen-bond acceptors (Lipinski definition) is 7. The van der Waals surface area contributed by atoms with E-state index in [2.05, 4.69) is 16.8 Å². The molecule has 0 bridgehead atoms. The summed E-state index contributed by atoms with van der Waals surface area (Å²) >= 11 is 0. The van der Waals surface area contributed by atoms with Crippen LogP contribution in [0.5, 0.6) is 17.2 Å². The maximum Gasteiger partial charge on any atom is 0.270 e. The largest absolute Gasteiger partial charge is 0.497 e. The van der Waals surface area contributed by atoms with Crippen LogP contribution in [-0.4, -0.2) is 34.9 Å². The molecule has 158 valence electrons. The number of methoxy groups -OCH3 is 3. The predicted octanol–water partition coefficient (Wildman–Crippen LogP) is 3.83. The number of fused-ring (bicyclic) bond motifs is 3. The molecule has 0 unspecified atom stereocenters. The zero-order valence-corrected chi connectivity index (χ0v) is 17.9. The van der Waals surface area contributed by atoms with Gasteiger partial charge in [-0.15, -0.1) is 0 Å². The van der Waals surface area contributed by atoms with Crippen molar-refractivity contribution < 1.29 is 27.2 Å². The number of ether oxygens (including phenoxy) is 3. The minimum absolute atomic E-state index is 0.0994. The predicted molar refractivity (Wildman–Crippen MR) is 111 cm³/mol. The Morgan fingerprint density at radius 3 is 2.40 bits per heavy atom. The molecule has 8 nitrogen and oxygen atoms in total. The number of anilines is 1. The summed E-state index contributed by atoms with van der Waals surface area (Å²) in [5, 5.41) is 4.02. The van der Waals surface area contributed by atoms with E-state index in [4.69, 9.17) is 18.7 Å². The van der Waals surface area contributed by atoms with Crippen LogP contribution < -0.4 is 18.9 Å². The summed E-state index contributed by atoms with van der Waals surface area (Å²) in [6.07, 6.45) is 0.582. The van der Waals surface area contributed by atoms with Gasteiger partial charge in [0.05, 0.1) is 21.3 Å². The maximum absolute atomic E-state index is 13.2. The van der Waals surface area contributed by atoms with E-state index in [1.807, 2.05) is 18.2 Å². The first-order chi connectivity index (χ1) is 14.4. The number of benzene rings is 2. The van der Waals surface area contributed by atoms with Gasteiger partial charge in [-0.3, -0.25) is 4.72 Å². The number of nitrogens with zero attached hydrogens (tertiary/aromatic N) is 1. The first-order valence-corrected chi connectivity index (χ1v) is 10.8. The fraction of sp³-hybridized carbons (Fsp3) is 0.286. The number of sulfonamides is 1. The second-order valence-electron chi connectivity index (χ2n) is 6.99. The summed E-state index contributed by atoms with van der Waals surface area (Å²) in [5.41, 5.74) is 2.64. The fourth-order valence-corrected chi connectivity index (χ4v) is 5.11. The lowest BCUT2D eigenvalue weighted by atomic mass is 9.83. The molecule has 30 heavy (non-hydrogen) atoms. The summed E-state index contributed by atoms with van der Waals surface area (Å²) in [7, 11) is 0.337. The molecule has 2 aromatic carbocycles. The highest BCUT2D eigenvalue weighted by Crippen LogP contribution is 2.44. The second kappa shape index (κ2) is 7.56. The van der Waals surface area contributed by atoms with Gasteiger partial charge < -0.3 is 18.7 Å². The van der Waals surface area contributed by atoms with Gasteiger partial charge in [0.1, 0.15) is 17.2 Å². The van der Waals surface area contributed by atoms with Crippen LogP contribution in [0.25, 0.3) is 11.3 Å². The Kier molecular flexibility index (Phi) is 5.07. The van der Waals surface area contributed by atoms with Crippen molar-refractivity contribution in [1.29, 1.82) is 0 Å². The second-order valence-corrected chi connectivity index (χ2v) is 8.61. The number of rotatable bonds is 6. The topological polar surface area (TPSA) is 99.9 Å². The first-order valence-electron chi connectivity index (χ1n) is 9.30. The Hall–Kier alpha value is -3.20. The third-order valence-electron chi connectivity index (χ3n) is 5.22. The van der Waals surface area contributed by atoms with Gasteiger partial charge >= 0.3 is 0 Å². The van der Waals surface area contributed by atoms with Crippen LogP contribution in [0.15, 0.2) is 45.8 Å². The summed E-state index contributed by atoms with van der Waals surface area (Å²) in [6, 6.07) is 10.5. The Balaban J connectivity index is 1.78. The average molecular weight is 430 g/mol. The van der Waals surface area contributed by atoms with E-state index in [9.17, 15) is 8.42 Å². The van der Waals surface area contributed by atoms with Gasteiger partial charge in [-0.05, 0) is 42.2 Å². The molecule has 0 radical (unpaired) electrons. The van der Waals surface area contributed by atoms with Gasteiger partial charge in [0.15, 0.2) is 16.5 Å². The highest BCUT2D eigenvalue weighted by atomic mass is 32.2. The number of nitrogens with one attached hydrogen (secondary N) is 1. The van der Waals surface area contributed by atoms with Gasteiger partial charge in [-0.1, -0.05) is 24.2 Å². The normalized spacial score (nSPS) is 15.1. The molecule has 4 rings (SSSR count). The van der Waals surface area contributed by atoms with Gasteiger partial charge in [-0.25, -0.2) is 8.42 Å². The molecule has 0 saturated heterocycles.